The van der Waals surface area contributed by atoms with E-state index in [-0.39, 0.29) is 37.5 Å². The number of nitrogens with one attached hydrogen (secondary N) is 4. The lowest BCUT2D eigenvalue weighted by atomic mass is 10.1. The number of guanidine groups is 1. The highest BCUT2D eigenvalue weighted by Gasteiger charge is 2.27. The molecule has 0 saturated heterocycles. The van der Waals surface area contributed by atoms with E-state index < -0.39 is 66.9 Å². The number of amides is 5. The molecule has 42 heavy (non-hydrogen) atoms. The summed E-state index contributed by atoms with van der Waals surface area (Å²) in [5, 5.41) is 28.6. The lowest BCUT2D eigenvalue weighted by molar-refractivity contribution is -0.133. The van der Waals surface area contributed by atoms with E-state index in [0.29, 0.717) is 17.7 Å². The van der Waals surface area contributed by atoms with Gasteiger partial charge in [-0.3, -0.25) is 29.0 Å². The van der Waals surface area contributed by atoms with E-state index in [9.17, 15) is 34.2 Å². The molecule has 0 radical (unpaired) electrons. The lowest BCUT2D eigenvalue weighted by Crippen LogP contribution is -2.56. The Morgan fingerprint density at radius 2 is 1.55 bits per heavy atom. The molecule has 16 nitrogen and oxygen atoms in total. The van der Waals surface area contributed by atoms with Gasteiger partial charge in [-0.2, -0.15) is 11.8 Å². The smallest absolute Gasteiger partial charge is 0.245 e. The topological polar surface area (TPSA) is 290 Å². The van der Waals surface area contributed by atoms with Crippen LogP contribution in [0, 0.1) is 0 Å². The number of aliphatic hydroxyl groups is 1. The summed E-state index contributed by atoms with van der Waals surface area (Å²) in [6.07, 6.45) is 2.69. The molecule has 4 atom stereocenters. The van der Waals surface area contributed by atoms with Gasteiger partial charge in [0.2, 0.25) is 29.5 Å². The fourth-order valence-electron chi connectivity index (χ4n) is 3.55. The number of aromatic hydroxyl groups is 1. The monoisotopic (exact) mass is 611 g/mol. The number of carbonyl (C=O) groups is 5. The van der Waals surface area contributed by atoms with Gasteiger partial charge in [0.15, 0.2) is 5.96 Å². The minimum Gasteiger partial charge on any atom is -0.508 e. The third-order valence-corrected chi connectivity index (χ3v) is 6.48. The quantitative estimate of drug-likeness (QED) is 0.0410. The Morgan fingerprint density at radius 1 is 0.905 bits per heavy atom. The molecule has 1 aromatic rings. The number of benzene rings is 1. The molecule has 0 aliphatic carbocycles. The van der Waals surface area contributed by atoms with E-state index in [1.54, 1.807) is 12.1 Å². The average molecular weight is 612 g/mol. The van der Waals surface area contributed by atoms with Gasteiger partial charge in [0.25, 0.3) is 0 Å². The molecule has 0 fully saturated rings. The van der Waals surface area contributed by atoms with Crippen molar-refractivity contribution in [1.29, 1.82) is 0 Å². The average Bonchev–Trinajstić information content (AvgIpc) is 2.94. The van der Waals surface area contributed by atoms with Gasteiger partial charge in [-0.1, -0.05) is 12.1 Å². The van der Waals surface area contributed by atoms with Gasteiger partial charge in [-0.15, -0.1) is 0 Å². The molecule has 0 aromatic heterocycles. The van der Waals surface area contributed by atoms with Crippen molar-refractivity contribution in [3.05, 3.63) is 29.8 Å². The van der Waals surface area contributed by atoms with Gasteiger partial charge in [0.1, 0.15) is 23.9 Å². The molecule has 5 amide bonds. The Balaban J connectivity index is 2.67. The molecule has 17 heteroatoms. The van der Waals surface area contributed by atoms with Crippen LogP contribution in [-0.2, 0) is 30.4 Å². The molecule has 0 aliphatic rings. The Labute approximate surface area is 247 Å². The van der Waals surface area contributed by atoms with Gasteiger partial charge >= 0.3 is 0 Å². The van der Waals surface area contributed by atoms with Crippen molar-refractivity contribution in [3.8, 4) is 5.75 Å². The highest BCUT2D eigenvalue weighted by molar-refractivity contribution is 7.98. The molecular formula is C25H41N9O7S. The Bertz CT molecular complexity index is 1080. The van der Waals surface area contributed by atoms with Crippen LogP contribution in [-0.4, -0.2) is 102 Å². The molecular weight excluding hydrogens is 570 g/mol. The van der Waals surface area contributed by atoms with Crippen molar-refractivity contribution in [2.24, 2.45) is 27.9 Å². The van der Waals surface area contributed by atoms with Gasteiger partial charge in [-0.25, -0.2) is 0 Å². The molecule has 0 unspecified atom stereocenters. The Kier molecular flexibility index (Phi) is 16.3. The number of carbonyl (C=O) groups excluding carboxylic acids is 5. The summed E-state index contributed by atoms with van der Waals surface area (Å²) in [4.78, 5) is 65.9. The Morgan fingerprint density at radius 3 is 2.12 bits per heavy atom. The van der Waals surface area contributed by atoms with E-state index in [4.69, 9.17) is 22.9 Å². The molecule has 234 valence electrons. The van der Waals surface area contributed by atoms with Crippen LogP contribution in [0.3, 0.4) is 0 Å². The summed E-state index contributed by atoms with van der Waals surface area (Å²) in [5.74, 6) is -3.25. The number of aliphatic imine (C=N–C) groups is 1. The molecule has 1 rings (SSSR count). The van der Waals surface area contributed by atoms with Crippen LogP contribution in [0.5, 0.6) is 5.75 Å². The molecule has 0 spiro atoms. The molecule has 14 N–H and O–H groups in total. The van der Waals surface area contributed by atoms with Gasteiger partial charge in [-0.05, 0) is 55.4 Å². The SMILES string of the molecule is CSCC[C@H](NC(=O)[C@@H](N)Cc1ccc(O)cc1)C(=O)NCC(=O)N[C@@H](CO)C(=O)N[C@@H](CCCN=C(N)N)C(N)=O. The second-order valence-corrected chi connectivity index (χ2v) is 10.2. The highest BCUT2D eigenvalue weighted by Crippen LogP contribution is 2.11. The van der Waals surface area contributed by atoms with E-state index in [0.717, 1.165) is 0 Å². The maximum atomic E-state index is 12.8. The Hall–Kier alpha value is -4.09. The fourth-order valence-corrected chi connectivity index (χ4v) is 4.02. The number of primary amides is 1. The first kappa shape index (κ1) is 35.9. The van der Waals surface area contributed by atoms with Crippen LogP contribution >= 0.6 is 11.8 Å². The first-order valence-corrected chi connectivity index (χ1v) is 14.4. The van der Waals surface area contributed by atoms with Crippen molar-refractivity contribution < 1.29 is 34.2 Å². The van der Waals surface area contributed by atoms with E-state index in [1.807, 2.05) is 6.26 Å². The molecule has 0 bridgehead atoms. The van der Waals surface area contributed by atoms with Crippen LogP contribution in [0.1, 0.15) is 24.8 Å². The molecule has 0 aliphatic heterocycles. The van der Waals surface area contributed by atoms with E-state index in [2.05, 4.69) is 26.3 Å². The van der Waals surface area contributed by atoms with Gasteiger partial charge in [0, 0.05) is 6.54 Å². The number of hydrogen-bond acceptors (Lipinski definition) is 10. The predicted octanol–water partition coefficient (Wildman–Crippen LogP) is -3.88. The summed E-state index contributed by atoms with van der Waals surface area (Å²) in [5.41, 5.74) is 22.5. The second-order valence-electron chi connectivity index (χ2n) is 9.25. The largest absolute Gasteiger partial charge is 0.508 e. The number of nitrogens with two attached hydrogens (primary N) is 4. The van der Waals surface area contributed by atoms with E-state index in [1.165, 1.54) is 23.9 Å². The number of aliphatic hydroxyl groups excluding tert-OH is 1. The summed E-state index contributed by atoms with van der Waals surface area (Å²) in [6, 6.07) is 1.70. The first-order chi connectivity index (χ1) is 19.9. The third-order valence-electron chi connectivity index (χ3n) is 5.84. The number of thioether (sulfide) groups is 1. The summed E-state index contributed by atoms with van der Waals surface area (Å²) in [6.45, 7) is -1.16. The maximum absolute atomic E-state index is 12.8. The van der Waals surface area contributed by atoms with E-state index >= 15 is 0 Å². The highest BCUT2D eigenvalue weighted by atomic mass is 32.2. The van der Waals surface area contributed by atoms with Crippen LogP contribution in [0.2, 0.25) is 0 Å². The summed E-state index contributed by atoms with van der Waals surface area (Å²) < 4.78 is 0. The minimum absolute atomic E-state index is 0.0754. The minimum atomic E-state index is -1.43. The van der Waals surface area contributed by atoms with Crippen molar-refractivity contribution in [2.45, 2.75) is 49.9 Å². The van der Waals surface area contributed by atoms with Crippen molar-refractivity contribution >= 4 is 47.3 Å². The zero-order valence-corrected chi connectivity index (χ0v) is 24.2. The van der Waals surface area contributed by atoms with Crippen LogP contribution in [0.25, 0.3) is 0 Å². The predicted molar refractivity (Wildman–Crippen MR) is 158 cm³/mol. The van der Waals surface area contributed by atoms with Gasteiger partial charge in [0.05, 0.1) is 19.2 Å². The fraction of sp³-hybridized carbons (Fsp3) is 0.520. The normalized spacial score (nSPS) is 13.5. The standard InChI is InChI=1S/C25H41N9O7S/c1-42-10-8-18(34-22(39)16(26)11-14-4-6-15(36)7-5-14)23(40)31-12-20(37)32-19(13-35)24(41)33-17(21(27)38)3-2-9-30-25(28)29/h4-7,16-19,35-36H,2-3,8-13,26H2,1H3,(H2,27,38)(H,31,40)(H,32,37)(H,33,41)(H,34,39)(H4,28,29,30)/t16-,17-,18-,19-/m0/s1. The lowest BCUT2D eigenvalue weighted by Gasteiger charge is -2.22. The molecule has 1 aromatic carbocycles. The zero-order chi connectivity index (χ0) is 31.7. The van der Waals surface area contributed by atoms with Crippen molar-refractivity contribution in [3.63, 3.8) is 0 Å². The number of nitrogens with zero attached hydrogens (tertiary/aromatic N) is 1. The van der Waals surface area contributed by atoms with Crippen molar-refractivity contribution in [1.82, 2.24) is 21.3 Å². The zero-order valence-electron chi connectivity index (χ0n) is 23.4. The summed E-state index contributed by atoms with van der Waals surface area (Å²) >= 11 is 1.45. The number of phenols is 1. The van der Waals surface area contributed by atoms with Crippen LogP contribution in [0.15, 0.2) is 29.3 Å². The van der Waals surface area contributed by atoms with Gasteiger partial charge < -0.3 is 54.4 Å². The molecule has 0 saturated carbocycles. The second kappa shape index (κ2) is 19.1. The number of rotatable bonds is 19. The third kappa shape index (κ3) is 14.0. The van der Waals surface area contributed by atoms with Crippen LogP contribution < -0.4 is 44.2 Å². The number of hydrogen-bond donors (Lipinski definition) is 10. The molecule has 0 heterocycles. The first-order valence-electron chi connectivity index (χ1n) is 13.0. The maximum Gasteiger partial charge on any atom is 0.245 e. The van der Waals surface area contributed by atoms with Crippen molar-refractivity contribution in [2.75, 3.05) is 31.7 Å². The van der Waals surface area contributed by atoms with Crippen LogP contribution in [0.4, 0.5) is 0 Å². The number of phenolic OH excluding ortho intramolecular Hbond substituents is 1. The summed E-state index contributed by atoms with van der Waals surface area (Å²) in [7, 11) is 0.